The second-order valence-electron chi connectivity index (χ2n) is 6.67. The van der Waals surface area contributed by atoms with Crippen molar-refractivity contribution in [3.05, 3.63) is 0 Å². The van der Waals surface area contributed by atoms with Gasteiger partial charge in [-0.3, -0.25) is 14.9 Å². The fourth-order valence-corrected chi connectivity index (χ4v) is 2.24. The van der Waals surface area contributed by atoms with Gasteiger partial charge in [0.25, 0.3) is 0 Å². The monoisotopic (exact) mass is 300 g/mol. The van der Waals surface area contributed by atoms with Gasteiger partial charge < -0.3 is 10.0 Å². The summed E-state index contributed by atoms with van der Waals surface area (Å²) < 4.78 is 0. The maximum absolute atomic E-state index is 12.3. The van der Waals surface area contributed by atoms with E-state index in [-0.39, 0.29) is 18.4 Å². The second kappa shape index (κ2) is 9.77. The van der Waals surface area contributed by atoms with Crippen molar-refractivity contribution in [1.29, 1.82) is 0 Å². The first-order valence-corrected chi connectivity index (χ1v) is 7.92. The quantitative estimate of drug-likeness (QED) is 0.649. The number of rotatable bonds is 10. The predicted molar refractivity (Wildman–Crippen MR) is 85.1 cm³/mol. The van der Waals surface area contributed by atoms with Gasteiger partial charge in [0.15, 0.2) is 0 Å². The summed E-state index contributed by atoms with van der Waals surface area (Å²) in [6.45, 7) is 13.6. The highest BCUT2D eigenvalue weighted by Crippen LogP contribution is 2.08. The van der Waals surface area contributed by atoms with Crippen molar-refractivity contribution in [2.75, 3.05) is 19.6 Å². The lowest BCUT2D eigenvalue weighted by atomic mass is 9.99. The fourth-order valence-electron chi connectivity index (χ4n) is 2.24. The molecular weight excluding hydrogens is 268 g/mol. The van der Waals surface area contributed by atoms with E-state index < -0.39 is 12.0 Å². The Morgan fingerprint density at radius 1 is 1.05 bits per heavy atom. The third-order valence-electron chi connectivity index (χ3n) is 3.48. The number of hydrogen-bond donors (Lipinski definition) is 2. The number of amides is 1. The van der Waals surface area contributed by atoms with E-state index in [9.17, 15) is 14.7 Å². The van der Waals surface area contributed by atoms with Crippen LogP contribution in [0.15, 0.2) is 0 Å². The van der Waals surface area contributed by atoms with Crippen LogP contribution in [0.2, 0.25) is 0 Å². The number of carboxylic acids is 1. The Balaban J connectivity index is 4.62. The first-order chi connectivity index (χ1) is 9.68. The van der Waals surface area contributed by atoms with Crippen molar-refractivity contribution >= 4 is 11.9 Å². The topological polar surface area (TPSA) is 69.6 Å². The largest absolute Gasteiger partial charge is 0.480 e. The summed E-state index contributed by atoms with van der Waals surface area (Å²) in [7, 11) is 0. The van der Waals surface area contributed by atoms with Crippen molar-refractivity contribution in [2.45, 2.75) is 54.0 Å². The van der Waals surface area contributed by atoms with Crippen LogP contribution in [-0.2, 0) is 9.59 Å². The molecule has 0 saturated heterocycles. The number of carbonyl (C=O) groups excluding carboxylic acids is 1. The van der Waals surface area contributed by atoms with E-state index in [0.717, 1.165) is 6.42 Å². The molecule has 2 atom stereocenters. The molecule has 0 unspecified atom stereocenters. The minimum Gasteiger partial charge on any atom is -0.480 e. The van der Waals surface area contributed by atoms with Gasteiger partial charge in [0.2, 0.25) is 5.91 Å². The Labute approximate surface area is 129 Å². The first-order valence-electron chi connectivity index (χ1n) is 7.92. The Hall–Kier alpha value is -1.10. The molecule has 0 aliphatic heterocycles. The zero-order valence-corrected chi connectivity index (χ0v) is 14.3. The number of nitrogens with zero attached hydrogens (tertiary/aromatic N) is 1. The Morgan fingerprint density at radius 2 is 1.52 bits per heavy atom. The predicted octanol–water partition coefficient (Wildman–Crippen LogP) is 2.22. The molecule has 5 nitrogen and oxygen atoms in total. The summed E-state index contributed by atoms with van der Waals surface area (Å²) >= 11 is 0. The molecule has 0 bridgehead atoms. The molecule has 0 aliphatic rings. The van der Waals surface area contributed by atoms with Crippen molar-refractivity contribution in [3.63, 3.8) is 0 Å². The van der Waals surface area contributed by atoms with E-state index in [2.05, 4.69) is 33.0 Å². The van der Waals surface area contributed by atoms with Crippen LogP contribution < -0.4 is 5.32 Å². The van der Waals surface area contributed by atoms with Gasteiger partial charge in [-0.1, -0.05) is 48.0 Å². The van der Waals surface area contributed by atoms with Crippen molar-refractivity contribution in [3.8, 4) is 0 Å². The van der Waals surface area contributed by atoms with Gasteiger partial charge in [-0.15, -0.1) is 0 Å². The van der Waals surface area contributed by atoms with E-state index >= 15 is 0 Å². The molecule has 21 heavy (non-hydrogen) atoms. The minimum absolute atomic E-state index is 0.000975. The molecule has 2 N–H and O–H groups in total. The van der Waals surface area contributed by atoms with Crippen molar-refractivity contribution < 1.29 is 14.7 Å². The average molecular weight is 300 g/mol. The molecule has 1 amide bonds. The van der Waals surface area contributed by atoms with Gasteiger partial charge in [0, 0.05) is 13.1 Å². The van der Waals surface area contributed by atoms with Gasteiger partial charge >= 0.3 is 5.97 Å². The van der Waals surface area contributed by atoms with Gasteiger partial charge in [-0.05, 0) is 17.8 Å². The number of carboxylic acid groups (broad SMARTS) is 1. The highest BCUT2D eigenvalue weighted by atomic mass is 16.4. The van der Waals surface area contributed by atoms with E-state index in [1.807, 2.05) is 18.7 Å². The maximum atomic E-state index is 12.3. The molecule has 0 aromatic rings. The van der Waals surface area contributed by atoms with Crippen molar-refractivity contribution in [1.82, 2.24) is 10.2 Å². The van der Waals surface area contributed by atoms with Crippen molar-refractivity contribution in [2.24, 2.45) is 17.8 Å². The lowest BCUT2D eigenvalue weighted by molar-refractivity contribution is -0.141. The van der Waals surface area contributed by atoms with Gasteiger partial charge in [-0.25, -0.2) is 0 Å². The first kappa shape index (κ1) is 19.9. The second-order valence-corrected chi connectivity index (χ2v) is 6.67. The lowest BCUT2D eigenvalue weighted by Gasteiger charge is -2.28. The maximum Gasteiger partial charge on any atom is 0.320 e. The van der Waals surface area contributed by atoms with Crippen LogP contribution in [-0.4, -0.2) is 47.6 Å². The Bertz CT molecular complexity index is 319. The third-order valence-corrected chi connectivity index (χ3v) is 3.48. The zero-order chi connectivity index (χ0) is 16.6. The number of hydrogen-bond acceptors (Lipinski definition) is 3. The van der Waals surface area contributed by atoms with Crippen LogP contribution in [0.5, 0.6) is 0 Å². The summed E-state index contributed by atoms with van der Waals surface area (Å²) in [5, 5.41) is 12.1. The van der Waals surface area contributed by atoms with E-state index in [0.29, 0.717) is 24.9 Å². The molecule has 0 fully saturated rings. The van der Waals surface area contributed by atoms with E-state index in [1.54, 1.807) is 0 Å². The summed E-state index contributed by atoms with van der Waals surface area (Å²) in [6.07, 6.45) is 0.764. The van der Waals surface area contributed by atoms with Crippen LogP contribution in [0.3, 0.4) is 0 Å². The molecule has 0 aliphatic carbocycles. The van der Waals surface area contributed by atoms with Crippen LogP contribution in [0.25, 0.3) is 0 Å². The zero-order valence-electron chi connectivity index (χ0n) is 14.3. The normalized spacial score (nSPS) is 14.3. The molecule has 0 aromatic heterocycles. The summed E-state index contributed by atoms with van der Waals surface area (Å²) in [6, 6.07) is -0.668. The van der Waals surface area contributed by atoms with Gasteiger partial charge in [0.05, 0.1) is 6.54 Å². The van der Waals surface area contributed by atoms with Gasteiger partial charge in [0.1, 0.15) is 6.04 Å². The standard InChI is InChI=1S/C16H32N2O3/c1-7-13(6)15(16(20)21)17-8-14(19)18(9-11(2)3)10-12(4)5/h11-13,15,17H,7-10H2,1-6H3,(H,20,21)/t13-,15-/m0/s1. The summed E-state index contributed by atoms with van der Waals surface area (Å²) in [5.41, 5.74) is 0. The molecule has 124 valence electrons. The SMILES string of the molecule is CC[C@H](C)[C@H](NCC(=O)N(CC(C)C)CC(C)C)C(=O)O. The van der Waals surface area contributed by atoms with Crippen LogP contribution in [0.4, 0.5) is 0 Å². The van der Waals surface area contributed by atoms with E-state index in [1.165, 1.54) is 0 Å². The molecule has 0 heterocycles. The van der Waals surface area contributed by atoms with Crippen LogP contribution in [0, 0.1) is 17.8 Å². The molecule has 0 rings (SSSR count). The number of nitrogens with one attached hydrogen (secondary N) is 1. The fraction of sp³-hybridized carbons (Fsp3) is 0.875. The highest BCUT2D eigenvalue weighted by Gasteiger charge is 2.25. The summed E-state index contributed by atoms with van der Waals surface area (Å²) in [5.74, 6) is -0.114. The highest BCUT2D eigenvalue weighted by molar-refractivity contribution is 5.80. The average Bonchev–Trinajstić information content (AvgIpc) is 2.35. The van der Waals surface area contributed by atoms with Crippen LogP contribution in [0.1, 0.15) is 48.0 Å². The molecular formula is C16H32N2O3. The Morgan fingerprint density at radius 3 is 1.86 bits per heavy atom. The number of aliphatic carboxylic acids is 1. The molecule has 0 radical (unpaired) electrons. The number of carbonyl (C=O) groups is 2. The van der Waals surface area contributed by atoms with Crippen LogP contribution >= 0.6 is 0 Å². The lowest BCUT2D eigenvalue weighted by Crippen LogP contribution is -2.48. The summed E-state index contributed by atoms with van der Waals surface area (Å²) in [4.78, 5) is 25.4. The smallest absolute Gasteiger partial charge is 0.320 e. The minimum atomic E-state index is -0.892. The molecule has 5 heteroatoms. The molecule has 0 aromatic carbocycles. The third kappa shape index (κ3) is 8.05. The van der Waals surface area contributed by atoms with Gasteiger partial charge in [-0.2, -0.15) is 0 Å². The van der Waals surface area contributed by atoms with E-state index in [4.69, 9.17) is 0 Å². The Kier molecular flexibility index (Phi) is 9.26. The molecule has 0 saturated carbocycles. The molecule has 0 spiro atoms.